The van der Waals surface area contributed by atoms with Crippen LogP contribution in [0.3, 0.4) is 0 Å². The van der Waals surface area contributed by atoms with Crippen molar-refractivity contribution < 1.29 is 9.53 Å². The van der Waals surface area contributed by atoms with Gasteiger partial charge >= 0.3 is 0 Å². The smallest absolute Gasteiger partial charge is 0.271 e. The number of aromatic nitrogens is 3. The maximum absolute atomic E-state index is 12.3. The van der Waals surface area contributed by atoms with Crippen molar-refractivity contribution in [1.29, 1.82) is 0 Å². The molecule has 7 nitrogen and oxygen atoms in total. The second-order valence-corrected chi connectivity index (χ2v) is 5.90. The van der Waals surface area contributed by atoms with E-state index >= 15 is 0 Å². The lowest BCUT2D eigenvalue weighted by Gasteiger charge is -2.28. The molecule has 0 unspecified atom stereocenters. The van der Waals surface area contributed by atoms with E-state index in [-0.39, 0.29) is 5.91 Å². The maximum atomic E-state index is 12.3. The molecule has 0 bridgehead atoms. The number of hydrogen-bond acceptors (Lipinski definition) is 5. The Bertz CT molecular complexity index is 836. The van der Waals surface area contributed by atoms with Crippen LogP contribution in [0.25, 0.3) is 5.78 Å². The van der Waals surface area contributed by atoms with Crippen molar-refractivity contribution in [2.75, 3.05) is 31.2 Å². The number of carbonyl (C=O) groups excluding carboxylic acids is 1. The van der Waals surface area contributed by atoms with E-state index in [4.69, 9.17) is 4.74 Å². The molecule has 1 fully saturated rings. The molecule has 4 rings (SSSR count). The molecule has 0 saturated carbocycles. The monoisotopic (exact) mass is 337 g/mol. The molecule has 0 atom stereocenters. The first kappa shape index (κ1) is 15.6. The first-order valence-electron chi connectivity index (χ1n) is 8.29. The molecule has 1 saturated heterocycles. The lowest BCUT2D eigenvalue weighted by molar-refractivity contribution is 0.0946. The average Bonchev–Trinajstić information content (AvgIpc) is 3.11. The fourth-order valence-corrected chi connectivity index (χ4v) is 2.86. The summed E-state index contributed by atoms with van der Waals surface area (Å²) in [5, 5.41) is 2.90. The molecule has 1 aromatic carbocycles. The molecule has 0 radical (unpaired) electrons. The van der Waals surface area contributed by atoms with E-state index in [1.165, 1.54) is 5.69 Å². The summed E-state index contributed by atoms with van der Waals surface area (Å²) in [6.07, 6.45) is 5.15. The molecular weight excluding hydrogens is 318 g/mol. The minimum atomic E-state index is -0.206. The number of ether oxygens (including phenoxy) is 1. The van der Waals surface area contributed by atoms with Gasteiger partial charge in [0.1, 0.15) is 5.69 Å². The van der Waals surface area contributed by atoms with Crippen LogP contribution < -0.4 is 10.2 Å². The van der Waals surface area contributed by atoms with Crippen LogP contribution in [0.5, 0.6) is 0 Å². The molecule has 1 N–H and O–H groups in total. The van der Waals surface area contributed by atoms with Crippen LogP contribution in [0.4, 0.5) is 5.69 Å². The van der Waals surface area contributed by atoms with Gasteiger partial charge in [-0.15, -0.1) is 0 Å². The van der Waals surface area contributed by atoms with Crippen molar-refractivity contribution in [2.45, 2.75) is 6.54 Å². The molecular formula is C18H19N5O2. The lowest BCUT2D eigenvalue weighted by Crippen LogP contribution is -2.36. The number of fused-ring (bicyclic) bond motifs is 1. The van der Waals surface area contributed by atoms with E-state index in [2.05, 4.69) is 32.3 Å². The molecule has 2 aromatic heterocycles. The number of nitrogens with zero attached hydrogens (tertiary/aromatic N) is 4. The molecule has 1 aliphatic heterocycles. The minimum Gasteiger partial charge on any atom is -0.378 e. The van der Waals surface area contributed by atoms with E-state index in [0.29, 0.717) is 18.0 Å². The molecule has 0 aliphatic carbocycles. The number of benzene rings is 1. The molecule has 7 heteroatoms. The third-order valence-electron chi connectivity index (χ3n) is 4.23. The molecule has 1 aliphatic rings. The Balaban J connectivity index is 1.38. The van der Waals surface area contributed by atoms with Crippen LogP contribution in [0.15, 0.2) is 48.9 Å². The number of amides is 1. The lowest BCUT2D eigenvalue weighted by atomic mass is 10.2. The summed E-state index contributed by atoms with van der Waals surface area (Å²) in [4.78, 5) is 22.9. The fourth-order valence-electron chi connectivity index (χ4n) is 2.86. The summed E-state index contributed by atoms with van der Waals surface area (Å²) in [6, 6.07) is 10.0. The highest BCUT2D eigenvalue weighted by atomic mass is 16.5. The van der Waals surface area contributed by atoms with Gasteiger partial charge in [0.15, 0.2) is 0 Å². The number of nitrogens with one attached hydrogen (secondary N) is 1. The van der Waals surface area contributed by atoms with Gasteiger partial charge in [-0.05, 0) is 23.8 Å². The average molecular weight is 337 g/mol. The Kier molecular flexibility index (Phi) is 4.30. The van der Waals surface area contributed by atoms with Crippen LogP contribution in [0.2, 0.25) is 0 Å². The van der Waals surface area contributed by atoms with Crippen LogP contribution in [0.1, 0.15) is 16.1 Å². The number of rotatable bonds is 4. The quantitative estimate of drug-likeness (QED) is 0.781. The summed E-state index contributed by atoms with van der Waals surface area (Å²) in [5.41, 5.74) is 2.60. The minimum absolute atomic E-state index is 0.206. The van der Waals surface area contributed by atoms with Crippen molar-refractivity contribution in [3.63, 3.8) is 0 Å². The Morgan fingerprint density at radius 2 is 2.00 bits per heavy atom. The first-order valence-corrected chi connectivity index (χ1v) is 8.29. The highest BCUT2D eigenvalue weighted by molar-refractivity contribution is 5.92. The topological polar surface area (TPSA) is 71.8 Å². The van der Waals surface area contributed by atoms with Crippen LogP contribution >= 0.6 is 0 Å². The standard InChI is InChI=1S/C18H19N5O2/c24-17(16-13-23-7-1-6-19-18(23)21-16)20-12-14-2-4-15(5-3-14)22-8-10-25-11-9-22/h1-7,13H,8-12H2,(H,20,24). The van der Waals surface area contributed by atoms with Crippen molar-refractivity contribution in [3.8, 4) is 0 Å². The van der Waals surface area contributed by atoms with Gasteiger partial charge in [0.2, 0.25) is 5.78 Å². The van der Waals surface area contributed by atoms with Gasteiger partial charge in [0.05, 0.1) is 13.2 Å². The van der Waals surface area contributed by atoms with Gasteiger partial charge in [0.25, 0.3) is 5.91 Å². The molecule has 3 aromatic rings. The van der Waals surface area contributed by atoms with Crippen molar-refractivity contribution >= 4 is 17.4 Å². The predicted octanol–water partition coefficient (Wildman–Crippen LogP) is 1.50. The number of imidazole rings is 1. The van der Waals surface area contributed by atoms with Gasteiger partial charge in [-0.3, -0.25) is 9.20 Å². The van der Waals surface area contributed by atoms with Gasteiger partial charge in [0, 0.05) is 43.9 Å². The molecule has 0 spiro atoms. The van der Waals surface area contributed by atoms with E-state index in [0.717, 1.165) is 31.9 Å². The summed E-state index contributed by atoms with van der Waals surface area (Å²) in [6.45, 7) is 3.83. The summed E-state index contributed by atoms with van der Waals surface area (Å²) < 4.78 is 7.10. The maximum Gasteiger partial charge on any atom is 0.271 e. The normalized spacial score (nSPS) is 14.6. The molecule has 128 valence electrons. The SMILES string of the molecule is O=C(NCc1ccc(N2CCOCC2)cc1)c1cn2cccnc2n1. The van der Waals surface area contributed by atoms with E-state index in [9.17, 15) is 4.79 Å². The van der Waals surface area contributed by atoms with Crippen molar-refractivity contribution in [2.24, 2.45) is 0 Å². The summed E-state index contributed by atoms with van der Waals surface area (Å²) >= 11 is 0. The molecule has 25 heavy (non-hydrogen) atoms. The zero-order valence-corrected chi connectivity index (χ0v) is 13.8. The van der Waals surface area contributed by atoms with E-state index < -0.39 is 0 Å². The van der Waals surface area contributed by atoms with E-state index in [1.54, 1.807) is 22.9 Å². The number of anilines is 1. The number of carbonyl (C=O) groups is 1. The highest BCUT2D eigenvalue weighted by Gasteiger charge is 2.12. The summed E-state index contributed by atoms with van der Waals surface area (Å²) in [7, 11) is 0. The Morgan fingerprint density at radius 3 is 2.76 bits per heavy atom. The predicted molar refractivity (Wildman–Crippen MR) is 93.6 cm³/mol. The van der Waals surface area contributed by atoms with Gasteiger partial charge in [-0.2, -0.15) is 0 Å². The fraction of sp³-hybridized carbons (Fsp3) is 0.278. The molecule has 1 amide bonds. The summed E-state index contributed by atoms with van der Waals surface area (Å²) in [5.74, 6) is 0.310. The molecule has 3 heterocycles. The zero-order chi connectivity index (χ0) is 17.1. The largest absolute Gasteiger partial charge is 0.378 e. The van der Waals surface area contributed by atoms with Gasteiger partial charge < -0.3 is 15.0 Å². The van der Waals surface area contributed by atoms with Gasteiger partial charge in [-0.1, -0.05) is 12.1 Å². The van der Waals surface area contributed by atoms with Crippen molar-refractivity contribution in [1.82, 2.24) is 19.7 Å². The van der Waals surface area contributed by atoms with Crippen LogP contribution in [0, 0.1) is 0 Å². The Labute approximate surface area is 145 Å². The first-order chi connectivity index (χ1) is 12.3. The van der Waals surface area contributed by atoms with Gasteiger partial charge in [-0.25, -0.2) is 9.97 Å². The highest BCUT2D eigenvalue weighted by Crippen LogP contribution is 2.16. The Morgan fingerprint density at radius 1 is 1.20 bits per heavy atom. The van der Waals surface area contributed by atoms with E-state index in [1.807, 2.05) is 18.3 Å². The van der Waals surface area contributed by atoms with Crippen LogP contribution in [-0.4, -0.2) is 46.6 Å². The number of hydrogen-bond donors (Lipinski definition) is 1. The third kappa shape index (κ3) is 3.46. The zero-order valence-electron chi connectivity index (χ0n) is 13.8. The second-order valence-electron chi connectivity index (χ2n) is 5.90. The third-order valence-corrected chi connectivity index (χ3v) is 4.23. The van der Waals surface area contributed by atoms with Crippen LogP contribution in [-0.2, 0) is 11.3 Å². The second kappa shape index (κ2) is 6.90. The number of morpholine rings is 1. The van der Waals surface area contributed by atoms with Crippen molar-refractivity contribution in [3.05, 3.63) is 60.2 Å². The Hall–Kier alpha value is -2.93.